The summed E-state index contributed by atoms with van der Waals surface area (Å²) in [5.41, 5.74) is 2.73. The first-order valence-corrected chi connectivity index (χ1v) is 7.92. The minimum absolute atomic E-state index is 0.535. The van der Waals surface area contributed by atoms with Gasteiger partial charge in [-0.3, -0.25) is 0 Å². The van der Waals surface area contributed by atoms with Gasteiger partial charge < -0.3 is 0 Å². The van der Waals surface area contributed by atoms with Crippen molar-refractivity contribution in [2.75, 3.05) is 0 Å². The monoisotopic (exact) mass is 368 g/mol. The van der Waals surface area contributed by atoms with Gasteiger partial charge in [0.25, 0.3) is 0 Å². The van der Waals surface area contributed by atoms with E-state index in [9.17, 15) is 0 Å². The summed E-state index contributed by atoms with van der Waals surface area (Å²) >= 11 is 7.51. The van der Waals surface area contributed by atoms with Gasteiger partial charge in [-0.25, -0.2) is 0 Å². The lowest BCUT2D eigenvalue weighted by Gasteiger charge is -2.15. The molecule has 0 radical (unpaired) electrons. The highest BCUT2D eigenvalue weighted by molar-refractivity contribution is 9.11. The van der Waals surface area contributed by atoms with E-state index < -0.39 is 0 Å². The molecular formula is C16H18Br2. The Bertz CT molecular complexity index is 530. The third kappa shape index (κ3) is 2.37. The van der Waals surface area contributed by atoms with Gasteiger partial charge in [0.2, 0.25) is 0 Å². The molecule has 0 unspecified atom stereocenters. The molecule has 0 amide bonds. The molecule has 2 aromatic rings. The lowest BCUT2D eigenvalue weighted by molar-refractivity contribution is 0.859. The highest BCUT2D eigenvalue weighted by Crippen LogP contribution is 2.38. The summed E-state index contributed by atoms with van der Waals surface area (Å²) in [5, 5.41) is 2.58. The van der Waals surface area contributed by atoms with Crippen molar-refractivity contribution in [2.24, 2.45) is 0 Å². The van der Waals surface area contributed by atoms with Crippen LogP contribution in [-0.2, 0) is 0 Å². The third-order valence-electron chi connectivity index (χ3n) is 3.37. The van der Waals surface area contributed by atoms with Gasteiger partial charge in [0.1, 0.15) is 0 Å². The Balaban J connectivity index is 2.75. The van der Waals surface area contributed by atoms with E-state index in [4.69, 9.17) is 0 Å². The van der Waals surface area contributed by atoms with Crippen LogP contribution in [0, 0.1) is 0 Å². The zero-order valence-corrected chi connectivity index (χ0v) is 14.4. The number of benzene rings is 2. The molecule has 0 aliphatic carbocycles. The first kappa shape index (κ1) is 14.1. The van der Waals surface area contributed by atoms with Crippen LogP contribution in [0.15, 0.2) is 33.2 Å². The normalized spacial score (nSPS) is 11.8. The van der Waals surface area contributed by atoms with Crippen molar-refractivity contribution in [1.29, 1.82) is 0 Å². The molecule has 0 saturated carbocycles. The fourth-order valence-corrected chi connectivity index (χ4v) is 4.13. The molecule has 0 bridgehead atoms. The van der Waals surface area contributed by atoms with Crippen LogP contribution in [0.4, 0.5) is 0 Å². The van der Waals surface area contributed by atoms with E-state index in [1.807, 2.05) is 0 Å². The average molecular weight is 370 g/mol. The molecule has 0 aliphatic rings. The number of hydrogen-bond acceptors (Lipinski definition) is 0. The summed E-state index contributed by atoms with van der Waals surface area (Å²) in [6.07, 6.45) is 0. The summed E-state index contributed by atoms with van der Waals surface area (Å²) < 4.78 is 2.46. The van der Waals surface area contributed by atoms with Crippen LogP contribution in [0.25, 0.3) is 10.8 Å². The van der Waals surface area contributed by atoms with E-state index in [-0.39, 0.29) is 0 Å². The molecule has 0 spiro atoms. The molecule has 0 aromatic heterocycles. The van der Waals surface area contributed by atoms with Crippen molar-refractivity contribution in [3.8, 4) is 0 Å². The highest BCUT2D eigenvalue weighted by atomic mass is 79.9. The minimum Gasteiger partial charge on any atom is -0.0586 e. The maximum Gasteiger partial charge on any atom is 0.0288 e. The standard InChI is InChI=1S/C16H18Br2/c1-9(2)11-5-7-14-13(15(11)17)8-6-12(10(3)4)16(14)18/h5-10H,1-4H3. The summed E-state index contributed by atoms with van der Waals surface area (Å²) in [5.74, 6) is 1.07. The Labute approximate surface area is 126 Å². The Kier molecular flexibility index (Phi) is 4.18. The van der Waals surface area contributed by atoms with Gasteiger partial charge in [0, 0.05) is 8.95 Å². The quantitative estimate of drug-likeness (QED) is 0.558. The molecule has 96 valence electrons. The second kappa shape index (κ2) is 5.34. The Morgan fingerprint density at radius 2 is 1.00 bits per heavy atom. The molecule has 0 saturated heterocycles. The zero-order chi connectivity index (χ0) is 13.4. The van der Waals surface area contributed by atoms with Gasteiger partial charge >= 0.3 is 0 Å². The van der Waals surface area contributed by atoms with Crippen molar-refractivity contribution in [2.45, 2.75) is 39.5 Å². The molecular weight excluding hydrogens is 352 g/mol. The molecule has 0 fully saturated rings. The molecule has 2 rings (SSSR count). The average Bonchev–Trinajstić information content (AvgIpc) is 2.29. The Morgan fingerprint density at radius 1 is 0.667 bits per heavy atom. The summed E-state index contributed by atoms with van der Waals surface area (Å²) in [7, 11) is 0. The van der Waals surface area contributed by atoms with E-state index in [0.717, 1.165) is 0 Å². The molecule has 0 heterocycles. The molecule has 2 heteroatoms. The van der Waals surface area contributed by atoms with E-state index in [1.54, 1.807) is 0 Å². The van der Waals surface area contributed by atoms with Crippen LogP contribution in [0.2, 0.25) is 0 Å². The van der Waals surface area contributed by atoms with E-state index in [2.05, 4.69) is 83.8 Å². The smallest absolute Gasteiger partial charge is 0.0288 e. The molecule has 0 aliphatic heterocycles. The van der Waals surface area contributed by atoms with Crippen LogP contribution in [0.1, 0.15) is 50.7 Å². The van der Waals surface area contributed by atoms with Crippen molar-refractivity contribution in [3.63, 3.8) is 0 Å². The summed E-state index contributed by atoms with van der Waals surface area (Å²) in [4.78, 5) is 0. The van der Waals surface area contributed by atoms with Gasteiger partial charge in [-0.05, 0) is 65.6 Å². The molecule has 0 N–H and O–H groups in total. The van der Waals surface area contributed by atoms with Gasteiger partial charge in [0.05, 0.1) is 0 Å². The van der Waals surface area contributed by atoms with Crippen molar-refractivity contribution >= 4 is 42.6 Å². The van der Waals surface area contributed by atoms with E-state index in [1.165, 1.54) is 30.8 Å². The predicted molar refractivity (Wildman–Crippen MR) is 87.5 cm³/mol. The van der Waals surface area contributed by atoms with Gasteiger partial charge in [-0.2, -0.15) is 0 Å². The topological polar surface area (TPSA) is 0 Å². The minimum atomic E-state index is 0.535. The Hall–Kier alpha value is -0.340. The maximum atomic E-state index is 3.76. The first-order valence-electron chi connectivity index (χ1n) is 6.34. The van der Waals surface area contributed by atoms with E-state index >= 15 is 0 Å². The molecule has 0 atom stereocenters. The molecule has 2 aromatic carbocycles. The summed E-state index contributed by atoms with van der Waals surface area (Å²) in [6.45, 7) is 8.90. The van der Waals surface area contributed by atoms with Crippen LogP contribution >= 0.6 is 31.9 Å². The van der Waals surface area contributed by atoms with Crippen molar-refractivity contribution in [3.05, 3.63) is 44.3 Å². The van der Waals surface area contributed by atoms with Crippen LogP contribution in [-0.4, -0.2) is 0 Å². The highest BCUT2D eigenvalue weighted by Gasteiger charge is 2.13. The number of hydrogen-bond donors (Lipinski definition) is 0. The molecule has 18 heavy (non-hydrogen) atoms. The van der Waals surface area contributed by atoms with Gasteiger partial charge in [-0.1, -0.05) is 52.0 Å². The van der Waals surface area contributed by atoms with Crippen molar-refractivity contribution < 1.29 is 0 Å². The molecule has 0 nitrogen and oxygen atoms in total. The Morgan fingerprint density at radius 3 is 1.28 bits per heavy atom. The van der Waals surface area contributed by atoms with Crippen LogP contribution < -0.4 is 0 Å². The van der Waals surface area contributed by atoms with Crippen LogP contribution in [0.3, 0.4) is 0 Å². The fraction of sp³-hybridized carbons (Fsp3) is 0.375. The second-order valence-corrected chi connectivity index (χ2v) is 6.93. The SMILES string of the molecule is CC(C)c1ccc2c(Br)c(C(C)C)ccc2c1Br. The van der Waals surface area contributed by atoms with Gasteiger partial charge in [0.15, 0.2) is 0 Å². The zero-order valence-electron chi connectivity index (χ0n) is 11.2. The van der Waals surface area contributed by atoms with Crippen LogP contribution in [0.5, 0.6) is 0 Å². The number of rotatable bonds is 2. The lowest BCUT2D eigenvalue weighted by atomic mass is 9.95. The van der Waals surface area contributed by atoms with Crippen molar-refractivity contribution in [1.82, 2.24) is 0 Å². The maximum absolute atomic E-state index is 3.76. The number of fused-ring (bicyclic) bond motifs is 1. The predicted octanol–water partition coefficient (Wildman–Crippen LogP) is 6.61. The second-order valence-electron chi connectivity index (χ2n) is 5.34. The fourth-order valence-electron chi connectivity index (χ4n) is 2.26. The van der Waals surface area contributed by atoms with E-state index in [0.29, 0.717) is 11.8 Å². The largest absolute Gasteiger partial charge is 0.0586 e. The lowest BCUT2D eigenvalue weighted by Crippen LogP contribution is -1.94. The number of halogens is 2. The first-order chi connectivity index (χ1) is 8.43. The third-order valence-corrected chi connectivity index (χ3v) is 5.14. The van der Waals surface area contributed by atoms with Gasteiger partial charge in [-0.15, -0.1) is 0 Å². The summed E-state index contributed by atoms with van der Waals surface area (Å²) in [6, 6.07) is 8.91.